The summed E-state index contributed by atoms with van der Waals surface area (Å²) in [6, 6.07) is 1.40. The van der Waals surface area contributed by atoms with Crippen LogP contribution in [-0.2, 0) is 6.42 Å². The summed E-state index contributed by atoms with van der Waals surface area (Å²) in [6.45, 7) is 0. The Hall–Kier alpha value is -1.69. The number of hydrogen-bond donors (Lipinski definition) is 2. The lowest BCUT2D eigenvalue weighted by Gasteiger charge is -1.89. The molecule has 0 spiro atoms. The molecule has 0 fully saturated rings. The fraction of sp³-hybridized carbons (Fsp3) is 0.125. The fourth-order valence-electron chi connectivity index (χ4n) is 1.15. The van der Waals surface area contributed by atoms with Gasteiger partial charge in [-0.1, -0.05) is 0 Å². The second-order valence-electron chi connectivity index (χ2n) is 2.84. The zero-order valence-corrected chi connectivity index (χ0v) is 8.04. The van der Waals surface area contributed by atoms with E-state index in [4.69, 9.17) is 11.1 Å². The van der Waals surface area contributed by atoms with Gasteiger partial charge in [-0.3, -0.25) is 14.6 Å². The molecule has 2 aromatic heterocycles. The number of amidine groups is 1. The molecule has 5 nitrogen and oxygen atoms in total. The fourth-order valence-corrected chi connectivity index (χ4v) is 2.13. The molecule has 0 aliphatic rings. The number of thiazole rings is 1. The van der Waals surface area contributed by atoms with Crippen LogP contribution in [0.3, 0.4) is 0 Å². The van der Waals surface area contributed by atoms with Crippen molar-refractivity contribution < 1.29 is 0 Å². The van der Waals surface area contributed by atoms with Gasteiger partial charge in [-0.15, -0.1) is 11.3 Å². The number of nitrogens with one attached hydrogen (secondary N) is 1. The maximum Gasteiger partial charge on any atom is 0.258 e. The Morgan fingerprint density at radius 2 is 2.50 bits per heavy atom. The van der Waals surface area contributed by atoms with Crippen molar-refractivity contribution in [3.8, 4) is 0 Å². The molecule has 14 heavy (non-hydrogen) atoms. The molecule has 0 saturated heterocycles. The van der Waals surface area contributed by atoms with E-state index >= 15 is 0 Å². The highest BCUT2D eigenvalue weighted by molar-refractivity contribution is 7.17. The van der Waals surface area contributed by atoms with E-state index in [2.05, 4.69) is 4.98 Å². The first-order valence-electron chi connectivity index (χ1n) is 3.96. The summed E-state index contributed by atoms with van der Waals surface area (Å²) >= 11 is 1.37. The molecule has 3 N–H and O–H groups in total. The van der Waals surface area contributed by atoms with Crippen LogP contribution in [0.25, 0.3) is 4.96 Å². The highest BCUT2D eigenvalue weighted by Crippen LogP contribution is 2.13. The molecule has 6 heteroatoms. The van der Waals surface area contributed by atoms with Crippen molar-refractivity contribution in [1.29, 1.82) is 5.41 Å². The molecule has 2 heterocycles. The van der Waals surface area contributed by atoms with Gasteiger partial charge in [0.2, 0.25) is 0 Å². The molecule has 2 rings (SSSR count). The van der Waals surface area contributed by atoms with Crippen LogP contribution in [0.2, 0.25) is 0 Å². The third kappa shape index (κ3) is 1.51. The van der Waals surface area contributed by atoms with E-state index in [1.165, 1.54) is 28.0 Å². The van der Waals surface area contributed by atoms with Gasteiger partial charge in [0.15, 0.2) is 4.96 Å². The quantitative estimate of drug-likeness (QED) is 0.547. The minimum atomic E-state index is -0.110. The predicted octanol–water partition coefficient (Wildman–Crippen LogP) is 0.234. The molecule has 72 valence electrons. The lowest BCUT2D eigenvalue weighted by atomic mass is 10.3. The zero-order chi connectivity index (χ0) is 10.1. The summed E-state index contributed by atoms with van der Waals surface area (Å²) in [4.78, 5) is 16.9. The normalized spacial score (nSPS) is 10.6. The van der Waals surface area contributed by atoms with E-state index in [0.29, 0.717) is 11.4 Å². The predicted molar refractivity (Wildman–Crippen MR) is 55.0 cm³/mol. The van der Waals surface area contributed by atoms with E-state index in [1.807, 2.05) is 0 Å². The molecule has 0 radical (unpaired) electrons. The minimum Gasteiger partial charge on any atom is -0.387 e. The molecule has 0 bridgehead atoms. The Balaban J connectivity index is 2.57. The molecule has 0 amide bonds. The largest absolute Gasteiger partial charge is 0.387 e. The lowest BCUT2D eigenvalue weighted by Crippen LogP contribution is -2.12. The van der Waals surface area contributed by atoms with Gasteiger partial charge in [0.1, 0.15) is 0 Å². The van der Waals surface area contributed by atoms with Crippen LogP contribution in [0.4, 0.5) is 0 Å². The Morgan fingerprint density at radius 3 is 3.14 bits per heavy atom. The van der Waals surface area contributed by atoms with Gasteiger partial charge in [-0.05, 0) is 0 Å². The third-order valence-electron chi connectivity index (χ3n) is 1.71. The number of hydrogen-bond acceptors (Lipinski definition) is 4. The Labute approximate surface area is 83.3 Å². The number of nitrogens with zero attached hydrogens (tertiary/aromatic N) is 2. The molecule has 0 aliphatic carbocycles. The number of nitrogens with two attached hydrogens (primary N) is 1. The molecule has 0 aliphatic heterocycles. The standard InChI is InChI=1S/C8H8N4OS/c9-6(10)3-5-4-12-7(13)1-2-11-8(12)14-5/h1-2,4H,3H2,(H3,9,10). The van der Waals surface area contributed by atoms with Gasteiger partial charge in [0.25, 0.3) is 5.56 Å². The number of fused-ring (bicyclic) bond motifs is 1. The highest BCUT2D eigenvalue weighted by atomic mass is 32.1. The first-order chi connectivity index (χ1) is 6.66. The van der Waals surface area contributed by atoms with Crippen LogP contribution < -0.4 is 11.3 Å². The van der Waals surface area contributed by atoms with Gasteiger partial charge in [-0.25, -0.2) is 4.98 Å². The van der Waals surface area contributed by atoms with Gasteiger partial charge in [-0.2, -0.15) is 0 Å². The number of aromatic nitrogens is 2. The third-order valence-corrected chi connectivity index (χ3v) is 2.70. The second-order valence-corrected chi connectivity index (χ2v) is 3.93. The van der Waals surface area contributed by atoms with Crippen LogP contribution in [0.5, 0.6) is 0 Å². The lowest BCUT2D eigenvalue weighted by molar-refractivity contribution is 1.07. The minimum absolute atomic E-state index is 0.0876. The van der Waals surface area contributed by atoms with E-state index in [1.54, 1.807) is 6.20 Å². The summed E-state index contributed by atoms with van der Waals surface area (Å²) < 4.78 is 1.46. The van der Waals surface area contributed by atoms with E-state index in [-0.39, 0.29) is 11.4 Å². The monoisotopic (exact) mass is 208 g/mol. The summed E-state index contributed by atoms with van der Waals surface area (Å²) in [7, 11) is 0. The van der Waals surface area contributed by atoms with Crippen molar-refractivity contribution >= 4 is 22.1 Å². The van der Waals surface area contributed by atoms with Crippen LogP contribution >= 0.6 is 11.3 Å². The SMILES string of the molecule is N=C(N)Cc1cn2c(=O)ccnc2s1. The first-order valence-corrected chi connectivity index (χ1v) is 4.77. The van der Waals surface area contributed by atoms with Crippen molar-refractivity contribution in [2.75, 3.05) is 0 Å². The topological polar surface area (TPSA) is 84.2 Å². The molecule has 0 aromatic carbocycles. The maximum atomic E-state index is 11.3. The molecule has 0 saturated carbocycles. The second kappa shape index (κ2) is 3.22. The Bertz CT molecular complexity index is 542. The van der Waals surface area contributed by atoms with Crippen LogP contribution in [0.1, 0.15) is 4.88 Å². The van der Waals surface area contributed by atoms with Crippen molar-refractivity contribution in [3.63, 3.8) is 0 Å². The Morgan fingerprint density at radius 1 is 1.71 bits per heavy atom. The first kappa shape index (κ1) is 8.89. The van der Waals surface area contributed by atoms with E-state index < -0.39 is 0 Å². The zero-order valence-electron chi connectivity index (χ0n) is 7.23. The van der Waals surface area contributed by atoms with Gasteiger partial charge >= 0.3 is 0 Å². The number of rotatable bonds is 2. The molecular formula is C8H8N4OS. The van der Waals surface area contributed by atoms with Crippen LogP contribution in [-0.4, -0.2) is 15.2 Å². The van der Waals surface area contributed by atoms with Gasteiger partial charge in [0, 0.05) is 29.8 Å². The van der Waals surface area contributed by atoms with Crippen LogP contribution in [0.15, 0.2) is 23.3 Å². The highest BCUT2D eigenvalue weighted by Gasteiger charge is 2.04. The van der Waals surface area contributed by atoms with E-state index in [0.717, 1.165) is 4.88 Å². The molecule has 0 unspecified atom stereocenters. The average molecular weight is 208 g/mol. The molecular weight excluding hydrogens is 200 g/mol. The smallest absolute Gasteiger partial charge is 0.258 e. The van der Waals surface area contributed by atoms with Crippen LogP contribution in [0, 0.1) is 5.41 Å². The molecule has 0 atom stereocenters. The van der Waals surface area contributed by atoms with Gasteiger partial charge in [0.05, 0.1) is 5.84 Å². The maximum absolute atomic E-state index is 11.3. The van der Waals surface area contributed by atoms with Crippen molar-refractivity contribution in [3.05, 3.63) is 33.7 Å². The average Bonchev–Trinajstić information content (AvgIpc) is 2.47. The summed E-state index contributed by atoms with van der Waals surface area (Å²) in [5, 5.41) is 7.14. The summed E-state index contributed by atoms with van der Waals surface area (Å²) in [5.74, 6) is 0.0876. The Kier molecular flexibility index (Phi) is 2.05. The van der Waals surface area contributed by atoms with Crippen molar-refractivity contribution in [1.82, 2.24) is 9.38 Å². The summed E-state index contributed by atoms with van der Waals surface area (Å²) in [6.07, 6.45) is 3.52. The molecule has 2 aromatic rings. The van der Waals surface area contributed by atoms with Gasteiger partial charge < -0.3 is 5.73 Å². The van der Waals surface area contributed by atoms with E-state index in [9.17, 15) is 4.79 Å². The van der Waals surface area contributed by atoms with Crippen molar-refractivity contribution in [2.24, 2.45) is 5.73 Å². The summed E-state index contributed by atoms with van der Waals surface area (Å²) in [5.41, 5.74) is 5.16. The van der Waals surface area contributed by atoms with Crippen molar-refractivity contribution in [2.45, 2.75) is 6.42 Å².